The van der Waals surface area contributed by atoms with Gasteiger partial charge in [0, 0.05) is 25.2 Å². The SMILES string of the molecule is O=C(CN1CCCN(Cc2ccccc2F)S1(=O)=O)Nc1ccccc1Cl. The van der Waals surface area contributed by atoms with Crippen molar-refractivity contribution in [3.05, 3.63) is 64.9 Å². The van der Waals surface area contributed by atoms with Crippen LogP contribution in [0.3, 0.4) is 0 Å². The molecule has 1 N–H and O–H groups in total. The minimum Gasteiger partial charge on any atom is -0.324 e. The van der Waals surface area contributed by atoms with E-state index in [0.29, 0.717) is 22.7 Å². The van der Waals surface area contributed by atoms with Crippen molar-refractivity contribution in [2.24, 2.45) is 0 Å². The average molecular weight is 412 g/mol. The Bertz CT molecular complexity index is 939. The van der Waals surface area contributed by atoms with Crippen molar-refractivity contribution in [2.75, 3.05) is 25.0 Å². The molecule has 9 heteroatoms. The summed E-state index contributed by atoms with van der Waals surface area (Å²) < 4.78 is 41.8. The summed E-state index contributed by atoms with van der Waals surface area (Å²) in [4.78, 5) is 12.3. The van der Waals surface area contributed by atoms with Gasteiger partial charge in [-0.3, -0.25) is 4.79 Å². The van der Waals surface area contributed by atoms with E-state index in [-0.39, 0.29) is 26.2 Å². The van der Waals surface area contributed by atoms with Crippen LogP contribution >= 0.6 is 11.6 Å². The van der Waals surface area contributed by atoms with Crippen LogP contribution in [0.5, 0.6) is 0 Å². The van der Waals surface area contributed by atoms with Crippen molar-refractivity contribution < 1.29 is 17.6 Å². The topological polar surface area (TPSA) is 69.7 Å². The van der Waals surface area contributed by atoms with Crippen molar-refractivity contribution in [1.82, 2.24) is 8.61 Å². The van der Waals surface area contributed by atoms with E-state index in [1.165, 1.54) is 10.4 Å². The van der Waals surface area contributed by atoms with E-state index in [1.54, 1.807) is 42.5 Å². The largest absolute Gasteiger partial charge is 0.324 e. The first-order chi connectivity index (χ1) is 12.9. The number of carbonyl (C=O) groups is 1. The van der Waals surface area contributed by atoms with Crippen LogP contribution in [-0.4, -0.2) is 42.6 Å². The van der Waals surface area contributed by atoms with Crippen LogP contribution in [0.4, 0.5) is 10.1 Å². The molecule has 2 aromatic rings. The maximum atomic E-state index is 13.9. The number of halogens is 2. The standard InChI is InChI=1S/C18H19ClFN3O3S/c19-15-7-2-4-9-17(15)21-18(24)13-23-11-5-10-22(27(23,25)26)12-14-6-1-3-8-16(14)20/h1-4,6-9H,5,10-13H2,(H,21,24). The second-order valence-electron chi connectivity index (χ2n) is 6.15. The number of amides is 1. The molecule has 2 aromatic carbocycles. The summed E-state index contributed by atoms with van der Waals surface area (Å²) in [5.41, 5.74) is 0.713. The summed E-state index contributed by atoms with van der Waals surface area (Å²) in [6, 6.07) is 12.8. The molecule has 1 heterocycles. The predicted octanol–water partition coefficient (Wildman–Crippen LogP) is 2.87. The zero-order valence-corrected chi connectivity index (χ0v) is 16.0. The number of hydrogen-bond donors (Lipinski definition) is 1. The summed E-state index contributed by atoms with van der Waals surface area (Å²) in [7, 11) is -3.87. The Balaban J connectivity index is 1.70. The molecular formula is C18H19ClFN3O3S. The molecule has 144 valence electrons. The summed E-state index contributed by atoms with van der Waals surface area (Å²) >= 11 is 6.01. The van der Waals surface area contributed by atoms with E-state index in [9.17, 15) is 17.6 Å². The van der Waals surface area contributed by atoms with E-state index in [4.69, 9.17) is 11.6 Å². The van der Waals surface area contributed by atoms with E-state index in [0.717, 1.165) is 4.31 Å². The van der Waals surface area contributed by atoms with E-state index >= 15 is 0 Å². The van der Waals surface area contributed by atoms with Crippen molar-refractivity contribution in [1.29, 1.82) is 0 Å². The van der Waals surface area contributed by atoms with E-state index < -0.39 is 21.9 Å². The van der Waals surface area contributed by atoms with Gasteiger partial charge in [-0.2, -0.15) is 17.0 Å². The molecule has 0 spiro atoms. The van der Waals surface area contributed by atoms with Crippen molar-refractivity contribution in [2.45, 2.75) is 13.0 Å². The first kappa shape index (κ1) is 19.8. The third-order valence-corrected chi connectivity index (χ3v) is 6.50. The average Bonchev–Trinajstić information content (AvgIpc) is 2.62. The summed E-state index contributed by atoms with van der Waals surface area (Å²) in [5, 5.41) is 2.98. The highest BCUT2D eigenvalue weighted by atomic mass is 35.5. The molecule has 1 amide bonds. The lowest BCUT2D eigenvalue weighted by Gasteiger charge is -2.34. The second kappa shape index (κ2) is 8.35. The normalized spacial score (nSPS) is 17.6. The van der Waals surface area contributed by atoms with Gasteiger partial charge in [-0.05, 0) is 24.6 Å². The van der Waals surface area contributed by atoms with Crippen LogP contribution < -0.4 is 5.32 Å². The summed E-state index contributed by atoms with van der Waals surface area (Å²) in [6.07, 6.45) is 0.549. The number of hydrogen-bond acceptors (Lipinski definition) is 3. The molecule has 0 aromatic heterocycles. The molecule has 6 nitrogen and oxygen atoms in total. The number of nitrogens with zero attached hydrogens (tertiary/aromatic N) is 2. The molecule has 1 aliphatic rings. The van der Waals surface area contributed by atoms with Crippen molar-refractivity contribution in [3.63, 3.8) is 0 Å². The van der Waals surface area contributed by atoms with Gasteiger partial charge in [0.1, 0.15) is 5.82 Å². The van der Waals surface area contributed by atoms with Crippen LogP contribution in [0.2, 0.25) is 5.02 Å². The molecule has 0 unspecified atom stereocenters. The smallest absolute Gasteiger partial charge is 0.282 e. The minimum atomic E-state index is -3.87. The fourth-order valence-electron chi connectivity index (χ4n) is 2.87. The van der Waals surface area contributed by atoms with Crippen LogP contribution in [-0.2, 0) is 21.5 Å². The zero-order chi connectivity index (χ0) is 19.4. The second-order valence-corrected chi connectivity index (χ2v) is 8.48. The van der Waals surface area contributed by atoms with Gasteiger partial charge in [-0.15, -0.1) is 0 Å². The fraction of sp³-hybridized carbons (Fsp3) is 0.278. The Labute approximate surface area is 162 Å². The van der Waals surface area contributed by atoms with Gasteiger partial charge in [0.05, 0.1) is 17.3 Å². The maximum Gasteiger partial charge on any atom is 0.282 e. The number of carbonyl (C=O) groups excluding carboxylic acids is 1. The Morgan fingerprint density at radius 1 is 1.07 bits per heavy atom. The van der Waals surface area contributed by atoms with Gasteiger partial charge in [0.25, 0.3) is 10.2 Å². The molecule has 0 saturated carbocycles. The van der Waals surface area contributed by atoms with Crippen LogP contribution in [0.25, 0.3) is 0 Å². The molecule has 0 bridgehead atoms. The number of rotatable bonds is 5. The third-order valence-electron chi connectivity index (χ3n) is 4.24. The molecular weight excluding hydrogens is 393 g/mol. The highest BCUT2D eigenvalue weighted by Crippen LogP contribution is 2.22. The fourth-order valence-corrected chi connectivity index (χ4v) is 4.68. The van der Waals surface area contributed by atoms with Gasteiger partial charge in [0.15, 0.2) is 0 Å². The molecule has 1 fully saturated rings. The van der Waals surface area contributed by atoms with Gasteiger partial charge >= 0.3 is 0 Å². The Kier molecular flexibility index (Phi) is 6.11. The molecule has 1 aliphatic heterocycles. The number of nitrogens with one attached hydrogen (secondary N) is 1. The molecule has 0 atom stereocenters. The quantitative estimate of drug-likeness (QED) is 0.822. The maximum absolute atomic E-state index is 13.9. The summed E-state index contributed by atoms with van der Waals surface area (Å²) in [5.74, 6) is -0.944. The lowest BCUT2D eigenvalue weighted by Crippen LogP contribution is -2.51. The van der Waals surface area contributed by atoms with E-state index in [1.807, 2.05) is 0 Å². The number of benzene rings is 2. The highest BCUT2D eigenvalue weighted by molar-refractivity contribution is 7.86. The van der Waals surface area contributed by atoms with Crippen molar-refractivity contribution >= 4 is 33.4 Å². The summed E-state index contributed by atoms with van der Waals surface area (Å²) in [6.45, 7) is 0.102. The predicted molar refractivity (Wildman–Crippen MR) is 102 cm³/mol. The molecule has 3 rings (SSSR count). The molecule has 1 saturated heterocycles. The first-order valence-corrected chi connectivity index (χ1v) is 10.2. The lowest BCUT2D eigenvalue weighted by molar-refractivity contribution is -0.116. The van der Waals surface area contributed by atoms with Gasteiger partial charge in [-0.25, -0.2) is 4.39 Å². The Morgan fingerprint density at radius 3 is 2.48 bits per heavy atom. The van der Waals surface area contributed by atoms with Gasteiger partial charge in [-0.1, -0.05) is 41.9 Å². The van der Waals surface area contributed by atoms with Crippen LogP contribution in [0, 0.1) is 5.82 Å². The first-order valence-electron chi connectivity index (χ1n) is 8.41. The van der Waals surface area contributed by atoms with Crippen LogP contribution in [0.15, 0.2) is 48.5 Å². The molecule has 0 aliphatic carbocycles. The molecule has 27 heavy (non-hydrogen) atoms. The Hall–Kier alpha value is -2.00. The van der Waals surface area contributed by atoms with Crippen LogP contribution in [0.1, 0.15) is 12.0 Å². The van der Waals surface area contributed by atoms with E-state index in [2.05, 4.69) is 5.32 Å². The highest BCUT2D eigenvalue weighted by Gasteiger charge is 2.35. The third kappa shape index (κ3) is 4.65. The monoisotopic (exact) mass is 411 g/mol. The van der Waals surface area contributed by atoms with Gasteiger partial charge < -0.3 is 5.32 Å². The lowest BCUT2D eigenvalue weighted by atomic mass is 10.2. The van der Waals surface area contributed by atoms with Gasteiger partial charge in [0.2, 0.25) is 5.91 Å². The van der Waals surface area contributed by atoms with Crippen molar-refractivity contribution in [3.8, 4) is 0 Å². The zero-order valence-electron chi connectivity index (χ0n) is 14.4. The molecule has 0 radical (unpaired) electrons. The minimum absolute atomic E-state index is 0.0718. The number of para-hydroxylation sites is 1. The Morgan fingerprint density at radius 2 is 1.74 bits per heavy atom. The number of anilines is 1.